The highest BCUT2D eigenvalue weighted by atomic mass is 16.1. The number of rotatable bonds is 7. The van der Waals surface area contributed by atoms with Crippen LogP contribution in [0, 0.1) is 0 Å². The highest BCUT2D eigenvalue weighted by Crippen LogP contribution is 2.35. The van der Waals surface area contributed by atoms with Gasteiger partial charge < -0.3 is 4.57 Å². The minimum Gasteiger partial charge on any atom is -0.316 e. The smallest absolute Gasteiger partial charge is 0.162 e. The molecule has 0 aliphatic carbocycles. The van der Waals surface area contributed by atoms with Crippen LogP contribution in [-0.4, -0.2) is 15.3 Å². The van der Waals surface area contributed by atoms with Gasteiger partial charge in [-0.15, -0.1) is 0 Å². The Kier molecular flexibility index (Phi) is 5.88. The quantitative estimate of drug-likeness (QED) is 0.223. The van der Waals surface area contributed by atoms with Crippen molar-refractivity contribution in [2.24, 2.45) is 0 Å². The molecule has 1 atom stereocenters. The Labute approximate surface area is 210 Å². The first-order chi connectivity index (χ1) is 17.8. The van der Waals surface area contributed by atoms with Gasteiger partial charge in [-0.25, -0.2) is 4.98 Å². The van der Waals surface area contributed by atoms with Crippen LogP contribution in [0.4, 0.5) is 0 Å². The molecular weight excluding hydrogens is 440 g/mol. The number of imidazole rings is 1. The summed E-state index contributed by atoms with van der Waals surface area (Å²) in [6, 6.07) is 43.2. The SMILES string of the molecule is O=C(CCC(c1ccc2ccccc2c1)n1c(-c2ccccc2)nc2ccccc21)c1ccccc1. The van der Waals surface area contributed by atoms with Crippen molar-refractivity contribution in [3.05, 3.63) is 139 Å². The minimum atomic E-state index is -0.0510. The van der Waals surface area contributed by atoms with Crippen LogP contribution in [0.2, 0.25) is 0 Å². The number of hydrogen-bond donors (Lipinski definition) is 0. The van der Waals surface area contributed by atoms with Gasteiger partial charge in [0.1, 0.15) is 5.82 Å². The standard InChI is InChI=1S/C33H26N2O/c36-32(25-12-3-1-4-13-25)22-21-30(28-20-19-24-11-7-8-16-27(24)23-28)35-31-18-10-9-17-29(31)34-33(35)26-14-5-2-6-15-26/h1-20,23,30H,21-22H2. The normalized spacial score (nSPS) is 12.1. The fraction of sp³-hybridized carbons (Fsp3) is 0.0909. The van der Waals surface area contributed by atoms with Crippen LogP contribution in [0.1, 0.15) is 34.8 Å². The van der Waals surface area contributed by atoms with E-state index in [0.717, 1.165) is 28.0 Å². The molecule has 5 aromatic carbocycles. The first-order valence-corrected chi connectivity index (χ1v) is 12.4. The lowest BCUT2D eigenvalue weighted by Crippen LogP contribution is -2.14. The molecule has 0 bridgehead atoms. The van der Waals surface area contributed by atoms with Crippen LogP contribution in [0.3, 0.4) is 0 Å². The maximum Gasteiger partial charge on any atom is 0.162 e. The zero-order valence-electron chi connectivity index (χ0n) is 19.9. The molecule has 0 spiro atoms. The summed E-state index contributed by atoms with van der Waals surface area (Å²) in [7, 11) is 0. The summed E-state index contributed by atoms with van der Waals surface area (Å²) in [6.45, 7) is 0. The molecule has 174 valence electrons. The largest absolute Gasteiger partial charge is 0.316 e. The van der Waals surface area contributed by atoms with Crippen molar-refractivity contribution in [3.63, 3.8) is 0 Å². The molecule has 0 aliphatic rings. The maximum atomic E-state index is 13.2. The number of para-hydroxylation sites is 2. The van der Waals surface area contributed by atoms with Gasteiger partial charge in [0.15, 0.2) is 5.78 Å². The molecule has 0 radical (unpaired) electrons. The molecule has 6 aromatic rings. The van der Waals surface area contributed by atoms with E-state index >= 15 is 0 Å². The van der Waals surface area contributed by atoms with E-state index < -0.39 is 0 Å². The average Bonchev–Trinajstić information content (AvgIpc) is 3.33. The van der Waals surface area contributed by atoms with Crippen LogP contribution in [0.15, 0.2) is 127 Å². The lowest BCUT2D eigenvalue weighted by molar-refractivity contribution is 0.0976. The number of hydrogen-bond acceptors (Lipinski definition) is 2. The molecule has 6 rings (SSSR count). The molecule has 0 fully saturated rings. The fourth-order valence-corrected chi connectivity index (χ4v) is 5.05. The number of benzene rings is 5. The van der Waals surface area contributed by atoms with Crippen LogP contribution in [0.25, 0.3) is 33.2 Å². The molecule has 0 aliphatic heterocycles. The molecule has 3 nitrogen and oxygen atoms in total. The van der Waals surface area contributed by atoms with Gasteiger partial charge in [-0.05, 0) is 41.0 Å². The Morgan fingerprint density at radius 3 is 2.17 bits per heavy atom. The Morgan fingerprint density at radius 1 is 0.694 bits per heavy atom. The van der Waals surface area contributed by atoms with Crippen molar-refractivity contribution in [2.75, 3.05) is 0 Å². The summed E-state index contributed by atoms with van der Waals surface area (Å²) in [5.41, 5.74) is 5.02. The molecule has 0 amide bonds. The van der Waals surface area contributed by atoms with Gasteiger partial charge >= 0.3 is 0 Å². The Morgan fingerprint density at radius 2 is 1.36 bits per heavy atom. The molecule has 1 unspecified atom stereocenters. The predicted molar refractivity (Wildman–Crippen MR) is 147 cm³/mol. The molecule has 3 heteroatoms. The van der Waals surface area contributed by atoms with Crippen LogP contribution >= 0.6 is 0 Å². The van der Waals surface area contributed by atoms with Gasteiger partial charge in [0.2, 0.25) is 0 Å². The number of carbonyl (C=O) groups excluding carboxylic acids is 1. The van der Waals surface area contributed by atoms with Crippen molar-refractivity contribution in [1.29, 1.82) is 0 Å². The van der Waals surface area contributed by atoms with Crippen LogP contribution in [-0.2, 0) is 0 Å². The van der Waals surface area contributed by atoms with E-state index in [2.05, 4.69) is 77.4 Å². The van der Waals surface area contributed by atoms with Gasteiger partial charge in [0.25, 0.3) is 0 Å². The fourth-order valence-electron chi connectivity index (χ4n) is 5.05. The minimum absolute atomic E-state index is 0.0510. The van der Waals surface area contributed by atoms with Crippen molar-refractivity contribution >= 4 is 27.6 Å². The molecule has 0 saturated heterocycles. The Hall–Kier alpha value is -4.50. The highest BCUT2D eigenvalue weighted by Gasteiger charge is 2.23. The van der Waals surface area contributed by atoms with E-state index in [4.69, 9.17) is 4.98 Å². The van der Waals surface area contributed by atoms with E-state index in [-0.39, 0.29) is 11.8 Å². The molecular formula is C33H26N2O. The molecule has 36 heavy (non-hydrogen) atoms. The molecule has 0 saturated carbocycles. The van der Waals surface area contributed by atoms with Crippen LogP contribution in [0.5, 0.6) is 0 Å². The third-order valence-corrected chi connectivity index (χ3v) is 6.84. The first kappa shape index (κ1) is 22.0. The van der Waals surface area contributed by atoms with Crippen molar-refractivity contribution in [2.45, 2.75) is 18.9 Å². The zero-order valence-corrected chi connectivity index (χ0v) is 19.9. The van der Waals surface area contributed by atoms with Gasteiger partial charge in [-0.1, -0.05) is 109 Å². The summed E-state index contributed by atoms with van der Waals surface area (Å²) in [5.74, 6) is 1.08. The van der Waals surface area contributed by atoms with Crippen molar-refractivity contribution < 1.29 is 4.79 Å². The number of carbonyl (C=O) groups is 1. The monoisotopic (exact) mass is 466 g/mol. The number of aromatic nitrogens is 2. The van der Waals surface area contributed by atoms with E-state index in [1.165, 1.54) is 16.3 Å². The molecule has 1 heterocycles. The van der Waals surface area contributed by atoms with E-state index in [1.54, 1.807) is 0 Å². The second kappa shape index (κ2) is 9.63. The second-order valence-corrected chi connectivity index (χ2v) is 9.11. The summed E-state index contributed by atoms with van der Waals surface area (Å²) in [6.07, 6.45) is 1.12. The van der Waals surface area contributed by atoms with Gasteiger partial charge in [-0.3, -0.25) is 4.79 Å². The number of fused-ring (bicyclic) bond motifs is 2. The topological polar surface area (TPSA) is 34.9 Å². The van der Waals surface area contributed by atoms with Crippen molar-refractivity contribution in [3.8, 4) is 11.4 Å². The van der Waals surface area contributed by atoms with E-state index in [0.29, 0.717) is 12.8 Å². The summed E-state index contributed by atoms with van der Waals surface area (Å²) in [4.78, 5) is 18.2. The average molecular weight is 467 g/mol. The predicted octanol–water partition coefficient (Wildman–Crippen LogP) is 8.11. The van der Waals surface area contributed by atoms with Crippen molar-refractivity contribution in [1.82, 2.24) is 9.55 Å². The molecule has 0 N–H and O–H groups in total. The third-order valence-electron chi connectivity index (χ3n) is 6.84. The molecule has 1 aromatic heterocycles. The van der Waals surface area contributed by atoms with Gasteiger partial charge in [0, 0.05) is 17.5 Å². The second-order valence-electron chi connectivity index (χ2n) is 9.11. The van der Waals surface area contributed by atoms with Gasteiger partial charge in [0.05, 0.1) is 17.1 Å². The van der Waals surface area contributed by atoms with Crippen LogP contribution < -0.4 is 0 Å². The summed E-state index contributed by atoms with van der Waals surface area (Å²) in [5, 5.41) is 2.40. The van der Waals surface area contributed by atoms with E-state index in [1.807, 2.05) is 54.6 Å². The Balaban J connectivity index is 1.51. The Bertz CT molecular complexity index is 1650. The lowest BCUT2D eigenvalue weighted by atomic mass is 9.95. The number of nitrogens with zero attached hydrogens (tertiary/aromatic N) is 2. The number of Topliss-reactive ketones (excluding diaryl/α,β-unsaturated/α-hetero) is 1. The first-order valence-electron chi connectivity index (χ1n) is 12.4. The number of ketones is 1. The lowest BCUT2D eigenvalue weighted by Gasteiger charge is -2.23. The highest BCUT2D eigenvalue weighted by molar-refractivity contribution is 5.96. The van der Waals surface area contributed by atoms with Gasteiger partial charge in [-0.2, -0.15) is 0 Å². The summed E-state index contributed by atoms with van der Waals surface area (Å²) < 4.78 is 2.33. The van der Waals surface area contributed by atoms with E-state index in [9.17, 15) is 4.79 Å². The zero-order chi connectivity index (χ0) is 24.3. The third kappa shape index (κ3) is 4.20. The maximum absolute atomic E-state index is 13.2. The summed E-state index contributed by atoms with van der Waals surface area (Å²) >= 11 is 0.